The monoisotopic (exact) mass is 399 g/mol. The Morgan fingerprint density at radius 1 is 1.03 bits per heavy atom. The third kappa shape index (κ3) is 2.47. The molecule has 0 spiro atoms. The predicted molar refractivity (Wildman–Crippen MR) is 107 cm³/mol. The van der Waals surface area contributed by atoms with Crippen LogP contribution in [0.15, 0.2) is 54.7 Å². The second-order valence-electron chi connectivity index (χ2n) is 7.56. The number of esters is 1. The van der Waals surface area contributed by atoms with Crippen LogP contribution in [0.2, 0.25) is 0 Å². The largest absolute Gasteiger partial charge is 0.427 e. The lowest BCUT2D eigenvalue weighted by Crippen LogP contribution is -2.40. The number of ether oxygens (including phenoxy) is 1. The van der Waals surface area contributed by atoms with E-state index < -0.39 is 23.8 Å². The van der Waals surface area contributed by atoms with E-state index in [1.165, 1.54) is 19.1 Å². The highest BCUT2D eigenvalue weighted by atomic mass is 16.5. The fourth-order valence-electron chi connectivity index (χ4n) is 4.79. The van der Waals surface area contributed by atoms with Crippen LogP contribution in [0.25, 0.3) is 6.08 Å². The van der Waals surface area contributed by atoms with Crippen LogP contribution >= 0.6 is 0 Å². The van der Waals surface area contributed by atoms with E-state index in [-0.39, 0.29) is 17.9 Å². The standard InChI is InChI=1S/C23H17N3O4/c1-13(27)30-16-8-6-15(7-9-16)26-22(28)19-18(12-24)25-11-10-14-4-2-3-5-17(14)21(25)20(19)23(26)29/h2-11,18-21H,1H3/t18-,19+,20+,21?/m1/s1. The number of imide groups is 1. The fraction of sp³-hybridized carbons (Fsp3) is 0.217. The van der Waals surface area contributed by atoms with Gasteiger partial charge >= 0.3 is 5.97 Å². The molecule has 7 heteroatoms. The maximum Gasteiger partial charge on any atom is 0.308 e. The van der Waals surface area contributed by atoms with Crippen molar-refractivity contribution in [1.82, 2.24) is 4.90 Å². The lowest BCUT2D eigenvalue weighted by Gasteiger charge is -2.33. The Hall–Kier alpha value is -3.92. The van der Waals surface area contributed by atoms with Crippen LogP contribution in [0, 0.1) is 23.2 Å². The van der Waals surface area contributed by atoms with E-state index in [0.717, 1.165) is 16.0 Å². The van der Waals surface area contributed by atoms with Crippen LogP contribution in [0.5, 0.6) is 5.75 Å². The van der Waals surface area contributed by atoms with E-state index in [1.807, 2.05) is 41.4 Å². The van der Waals surface area contributed by atoms with Gasteiger partial charge in [0.2, 0.25) is 11.8 Å². The molecule has 2 saturated heterocycles. The SMILES string of the molecule is CC(=O)Oc1ccc(N2C(=O)[C@@H]3[C@H](C2=O)C2c4ccccc4C=CN2[C@@H]3C#N)cc1. The van der Waals surface area contributed by atoms with Crippen LogP contribution in [0.3, 0.4) is 0 Å². The molecule has 5 rings (SSSR count). The Labute approximate surface area is 172 Å². The highest BCUT2D eigenvalue weighted by Gasteiger charge is 2.63. The minimum atomic E-state index is -0.739. The van der Waals surface area contributed by atoms with Crippen molar-refractivity contribution in [1.29, 1.82) is 5.26 Å². The smallest absolute Gasteiger partial charge is 0.308 e. The van der Waals surface area contributed by atoms with Gasteiger partial charge in [0.25, 0.3) is 0 Å². The highest BCUT2D eigenvalue weighted by molar-refractivity contribution is 6.23. The van der Waals surface area contributed by atoms with E-state index in [2.05, 4.69) is 6.07 Å². The minimum Gasteiger partial charge on any atom is -0.427 e. The Balaban J connectivity index is 1.54. The number of carbonyl (C=O) groups excluding carboxylic acids is 3. The number of nitrogens with zero attached hydrogens (tertiary/aromatic N) is 3. The highest BCUT2D eigenvalue weighted by Crippen LogP contribution is 2.52. The van der Waals surface area contributed by atoms with E-state index >= 15 is 0 Å². The van der Waals surface area contributed by atoms with Gasteiger partial charge in [0.05, 0.1) is 29.6 Å². The number of hydrogen-bond acceptors (Lipinski definition) is 6. The Morgan fingerprint density at radius 3 is 2.43 bits per heavy atom. The predicted octanol–water partition coefficient (Wildman–Crippen LogP) is 2.65. The van der Waals surface area contributed by atoms with E-state index in [9.17, 15) is 19.6 Å². The van der Waals surface area contributed by atoms with Gasteiger partial charge in [-0.2, -0.15) is 5.26 Å². The average molecular weight is 399 g/mol. The molecule has 0 N–H and O–H groups in total. The first-order valence-corrected chi connectivity index (χ1v) is 9.62. The first kappa shape index (κ1) is 18.1. The summed E-state index contributed by atoms with van der Waals surface area (Å²) in [4.78, 5) is 40.9. The van der Waals surface area contributed by atoms with Crippen molar-refractivity contribution in [3.05, 3.63) is 65.9 Å². The van der Waals surface area contributed by atoms with Gasteiger partial charge in [-0.15, -0.1) is 0 Å². The van der Waals surface area contributed by atoms with Crippen molar-refractivity contribution in [2.45, 2.75) is 19.0 Å². The van der Waals surface area contributed by atoms with E-state index in [0.29, 0.717) is 11.4 Å². The maximum absolute atomic E-state index is 13.4. The quantitative estimate of drug-likeness (QED) is 0.438. The molecule has 3 aliphatic rings. The summed E-state index contributed by atoms with van der Waals surface area (Å²) in [5, 5.41) is 9.83. The molecule has 2 aromatic rings. The molecular weight excluding hydrogens is 382 g/mol. The molecule has 2 amide bonds. The van der Waals surface area contributed by atoms with Crippen LogP contribution in [-0.2, 0) is 14.4 Å². The van der Waals surface area contributed by atoms with Crippen LogP contribution in [-0.4, -0.2) is 28.7 Å². The molecule has 3 aliphatic heterocycles. The van der Waals surface area contributed by atoms with Gasteiger partial charge in [-0.1, -0.05) is 24.3 Å². The van der Waals surface area contributed by atoms with Gasteiger partial charge in [-0.3, -0.25) is 14.4 Å². The molecule has 0 radical (unpaired) electrons. The number of rotatable bonds is 2. The zero-order valence-electron chi connectivity index (χ0n) is 16.1. The molecule has 0 bridgehead atoms. The molecule has 2 aromatic carbocycles. The van der Waals surface area contributed by atoms with Crippen LogP contribution in [0.4, 0.5) is 5.69 Å². The molecule has 0 aromatic heterocycles. The van der Waals surface area contributed by atoms with Gasteiger partial charge in [-0.05, 0) is 41.5 Å². The summed E-state index contributed by atoms with van der Waals surface area (Å²) in [5.74, 6) is -2.19. The zero-order valence-corrected chi connectivity index (χ0v) is 16.1. The van der Waals surface area contributed by atoms with Crippen molar-refractivity contribution in [2.75, 3.05) is 4.90 Å². The summed E-state index contributed by atoms with van der Waals surface area (Å²) in [6.07, 6.45) is 3.73. The summed E-state index contributed by atoms with van der Waals surface area (Å²) in [6.45, 7) is 1.30. The number of amides is 2. The Morgan fingerprint density at radius 2 is 1.73 bits per heavy atom. The normalized spacial score (nSPS) is 26.1. The summed E-state index contributed by atoms with van der Waals surface area (Å²) < 4.78 is 5.02. The third-order valence-electron chi connectivity index (χ3n) is 5.95. The molecule has 7 nitrogen and oxygen atoms in total. The second-order valence-corrected chi connectivity index (χ2v) is 7.56. The topological polar surface area (TPSA) is 90.7 Å². The Kier molecular flexibility index (Phi) is 3.97. The molecule has 30 heavy (non-hydrogen) atoms. The maximum atomic E-state index is 13.4. The van der Waals surface area contributed by atoms with Crippen molar-refractivity contribution in [3.8, 4) is 11.8 Å². The summed E-state index contributed by atoms with van der Waals surface area (Å²) in [6, 6.07) is 15.1. The zero-order chi connectivity index (χ0) is 21.0. The molecule has 4 atom stereocenters. The van der Waals surface area contributed by atoms with Gasteiger partial charge in [0, 0.05) is 13.1 Å². The lowest BCUT2D eigenvalue weighted by atomic mass is 9.85. The van der Waals surface area contributed by atoms with Crippen LogP contribution < -0.4 is 9.64 Å². The van der Waals surface area contributed by atoms with E-state index in [1.54, 1.807) is 12.1 Å². The Bertz CT molecular complexity index is 1150. The summed E-state index contributed by atoms with van der Waals surface area (Å²) >= 11 is 0. The number of anilines is 1. The molecule has 2 fully saturated rings. The molecule has 1 unspecified atom stereocenters. The van der Waals surface area contributed by atoms with Crippen LogP contribution in [0.1, 0.15) is 24.1 Å². The number of carbonyl (C=O) groups is 3. The number of nitriles is 1. The van der Waals surface area contributed by atoms with Gasteiger partial charge in [0.15, 0.2) is 0 Å². The fourth-order valence-corrected chi connectivity index (χ4v) is 4.79. The van der Waals surface area contributed by atoms with Gasteiger partial charge in [-0.25, -0.2) is 4.90 Å². The van der Waals surface area contributed by atoms with Crippen molar-refractivity contribution in [2.24, 2.45) is 11.8 Å². The van der Waals surface area contributed by atoms with Crippen molar-refractivity contribution >= 4 is 29.5 Å². The molecule has 3 heterocycles. The van der Waals surface area contributed by atoms with Gasteiger partial charge < -0.3 is 9.64 Å². The third-order valence-corrected chi connectivity index (χ3v) is 5.95. The molecular formula is C23H17N3O4. The molecule has 148 valence electrons. The first-order valence-electron chi connectivity index (χ1n) is 9.62. The van der Waals surface area contributed by atoms with Crippen molar-refractivity contribution < 1.29 is 19.1 Å². The minimum absolute atomic E-state index is 0.317. The summed E-state index contributed by atoms with van der Waals surface area (Å²) in [5.41, 5.74) is 2.33. The number of fused-ring (bicyclic) bond motifs is 5. The number of benzene rings is 2. The first-order chi connectivity index (χ1) is 14.5. The number of hydrogen-bond donors (Lipinski definition) is 0. The van der Waals surface area contributed by atoms with Crippen molar-refractivity contribution in [3.63, 3.8) is 0 Å². The van der Waals surface area contributed by atoms with E-state index in [4.69, 9.17) is 4.74 Å². The second kappa shape index (κ2) is 6.56. The lowest BCUT2D eigenvalue weighted by molar-refractivity contribution is -0.132. The summed E-state index contributed by atoms with van der Waals surface area (Å²) in [7, 11) is 0. The molecule has 0 saturated carbocycles. The average Bonchev–Trinajstić information content (AvgIpc) is 3.21. The molecule has 0 aliphatic carbocycles. The van der Waals surface area contributed by atoms with Gasteiger partial charge in [0.1, 0.15) is 11.8 Å².